The third-order valence-corrected chi connectivity index (χ3v) is 5.17. The number of alkyl halides is 3. The molecule has 0 bridgehead atoms. The largest absolute Gasteiger partial charge is 0.394 e. The third kappa shape index (κ3) is 3.58. The number of rotatable bonds is 5. The first-order chi connectivity index (χ1) is 10.8. The van der Waals surface area contributed by atoms with E-state index in [4.69, 9.17) is 49.0 Å². The number of hydrogen-bond donors (Lipinski definition) is 5. The van der Waals surface area contributed by atoms with Crippen molar-refractivity contribution in [2.75, 3.05) is 18.4 Å². The minimum Gasteiger partial charge on any atom is -0.394 e. The first kappa shape index (κ1) is 19.9. The Labute approximate surface area is 147 Å². The molecule has 0 aromatic rings. The Morgan fingerprint density at radius 2 is 1.65 bits per heavy atom. The van der Waals surface area contributed by atoms with Crippen LogP contribution in [0.2, 0.25) is 0 Å². The number of aliphatic hydroxyl groups is 5. The molecule has 11 heteroatoms. The maximum absolute atomic E-state index is 10.1. The molecular formula is C12H19Cl3O8. The van der Waals surface area contributed by atoms with Crippen molar-refractivity contribution in [3.05, 3.63) is 0 Å². The molecule has 9 atom stereocenters. The minimum absolute atomic E-state index is 0.125. The Balaban J connectivity index is 2.18. The molecule has 1 unspecified atom stereocenters. The maximum Gasteiger partial charge on any atom is 0.214 e. The highest BCUT2D eigenvalue weighted by Crippen LogP contribution is 2.37. The van der Waals surface area contributed by atoms with Gasteiger partial charge in [-0.15, -0.1) is 34.8 Å². The zero-order chi connectivity index (χ0) is 17.4. The van der Waals surface area contributed by atoms with Crippen LogP contribution in [0, 0.1) is 0 Å². The van der Waals surface area contributed by atoms with Crippen molar-refractivity contribution in [3.8, 4) is 0 Å². The average Bonchev–Trinajstić information content (AvgIpc) is 2.80. The van der Waals surface area contributed by atoms with Gasteiger partial charge in [0.25, 0.3) is 0 Å². The summed E-state index contributed by atoms with van der Waals surface area (Å²) < 4.78 is 16.1. The van der Waals surface area contributed by atoms with Crippen LogP contribution in [-0.2, 0) is 14.2 Å². The molecule has 2 heterocycles. The normalized spacial score (nSPS) is 51.1. The Hall–Kier alpha value is 0.550. The van der Waals surface area contributed by atoms with Crippen LogP contribution in [0.4, 0.5) is 0 Å². The second-order valence-electron chi connectivity index (χ2n) is 5.46. The fraction of sp³-hybridized carbons (Fsp3) is 1.00. The van der Waals surface area contributed by atoms with Crippen molar-refractivity contribution in [2.24, 2.45) is 0 Å². The van der Waals surface area contributed by atoms with Crippen LogP contribution in [0.1, 0.15) is 0 Å². The predicted molar refractivity (Wildman–Crippen MR) is 79.5 cm³/mol. The minimum atomic E-state index is -1.90. The molecule has 0 amide bonds. The highest BCUT2D eigenvalue weighted by Gasteiger charge is 2.58. The van der Waals surface area contributed by atoms with Crippen molar-refractivity contribution >= 4 is 34.8 Å². The van der Waals surface area contributed by atoms with Gasteiger partial charge in [-0.25, -0.2) is 0 Å². The van der Waals surface area contributed by atoms with Crippen LogP contribution in [0.25, 0.3) is 0 Å². The van der Waals surface area contributed by atoms with Crippen LogP contribution in [0.3, 0.4) is 0 Å². The van der Waals surface area contributed by atoms with Crippen molar-refractivity contribution < 1.29 is 39.7 Å². The number of halogens is 3. The molecule has 0 aliphatic carbocycles. The first-order valence-electron chi connectivity index (χ1n) is 6.91. The zero-order valence-electron chi connectivity index (χ0n) is 11.8. The molecule has 0 aromatic carbocycles. The molecule has 5 N–H and O–H groups in total. The van der Waals surface area contributed by atoms with E-state index in [1.807, 2.05) is 0 Å². The molecule has 2 aliphatic rings. The summed E-state index contributed by atoms with van der Waals surface area (Å²) in [4.78, 5) is 0. The lowest BCUT2D eigenvalue weighted by Crippen LogP contribution is -2.61. The Morgan fingerprint density at radius 1 is 1.00 bits per heavy atom. The van der Waals surface area contributed by atoms with Crippen molar-refractivity contribution in [1.82, 2.24) is 0 Å². The van der Waals surface area contributed by atoms with Crippen LogP contribution >= 0.6 is 34.8 Å². The quantitative estimate of drug-likeness (QED) is 0.349. The number of aliphatic hydroxyl groups excluding tert-OH is 5. The van der Waals surface area contributed by atoms with Crippen LogP contribution in [0.5, 0.6) is 0 Å². The van der Waals surface area contributed by atoms with Gasteiger partial charge in [0, 0.05) is 0 Å². The second-order valence-corrected chi connectivity index (χ2v) is 6.54. The van der Waals surface area contributed by atoms with Gasteiger partial charge in [0.05, 0.1) is 23.7 Å². The van der Waals surface area contributed by atoms with E-state index in [2.05, 4.69) is 0 Å². The van der Waals surface area contributed by atoms with Crippen LogP contribution in [0.15, 0.2) is 0 Å². The summed E-state index contributed by atoms with van der Waals surface area (Å²) in [5.74, 6) is -2.43. The fourth-order valence-electron chi connectivity index (χ4n) is 2.56. The summed E-state index contributed by atoms with van der Waals surface area (Å²) in [6.45, 7) is -0.526. The molecule has 2 saturated heterocycles. The smallest absolute Gasteiger partial charge is 0.214 e. The SMILES string of the molecule is OC[C@H]1O[C@H](O[C@]2(CCl)O[C@H](CCl)[C@@H](O)C2O)[C@H](O)[C@@H](O)[C@H]1Cl. The van der Waals surface area contributed by atoms with Gasteiger partial charge in [0.1, 0.15) is 36.6 Å². The Morgan fingerprint density at radius 3 is 2.13 bits per heavy atom. The molecule has 0 saturated carbocycles. The fourth-order valence-corrected chi connectivity index (χ4v) is 3.37. The summed E-state index contributed by atoms with van der Waals surface area (Å²) in [6.07, 6.45) is -9.39. The number of hydrogen-bond acceptors (Lipinski definition) is 8. The summed E-state index contributed by atoms with van der Waals surface area (Å²) in [5, 5.41) is 48.1. The van der Waals surface area contributed by atoms with Gasteiger partial charge < -0.3 is 39.7 Å². The Kier molecular flexibility index (Phi) is 6.77. The Bertz CT molecular complexity index is 403. The monoisotopic (exact) mass is 396 g/mol. The lowest BCUT2D eigenvalue weighted by atomic mass is 10.0. The van der Waals surface area contributed by atoms with E-state index in [1.54, 1.807) is 0 Å². The van der Waals surface area contributed by atoms with E-state index in [1.165, 1.54) is 0 Å². The molecule has 0 spiro atoms. The average molecular weight is 398 g/mol. The van der Waals surface area contributed by atoms with Crippen molar-refractivity contribution in [3.63, 3.8) is 0 Å². The lowest BCUT2D eigenvalue weighted by molar-refractivity contribution is -0.357. The van der Waals surface area contributed by atoms with Crippen LogP contribution in [-0.4, -0.2) is 98.0 Å². The van der Waals surface area contributed by atoms with Gasteiger partial charge in [0.15, 0.2) is 6.29 Å². The van der Waals surface area contributed by atoms with E-state index >= 15 is 0 Å². The van der Waals surface area contributed by atoms with Gasteiger partial charge in [0.2, 0.25) is 5.79 Å². The molecule has 2 aliphatic heterocycles. The lowest BCUT2D eigenvalue weighted by Gasteiger charge is -2.43. The standard InChI is InChI=1S/C12H19Cl3O8/c13-1-4-7(17)10(20)12(3-14,22-4)23-11-9(19)8(18)6(15)5(2-16)21-11/h4-11,16-20H,1-3H2/t4-,5-,6+,7-,8+,9-,10?,11-,12+/m1/s1. The summed E-state index contributed by atoms with van der Waals surface area (Å²) in [7, 11) is 0. The molecule has 8 nitrogen and oxygen atoms in total. The van der Waals surface area contributed by atoms with Gasteiger partial charge >= 0.3 is 0 Å². The van der Waals surface area contributed by atoms with Crippen molar-refractivity contribution in [2.45, 2.75) is 54.1 Å². The molecule has 2 fully saturated rings. The first-order valence-corrected chi connectivity index (χ1v) is 8.42. The molecular weight excluding hydrogens is 378 g/mol. The summed E-state index contributed by atoms with van der Waals surface area (Å²) >= 11 is 17.3. The van der Waals surface area contributed by atoms with Gasteiger partial charge in [-0.3, -0.25) is 0 Å². The van der Waals surface area contributed by atoms with Gasteiger partial charge in [-0.05, 0) is 0 Å². The second kappa shape index (κ2) is 7.84. The topological polar surface area (TPSA) is 129 Å². The van der Waals surface area contributed by atoms with Crippen molar-refractivity contribution in [1.29, 1.82) is 0 Å². The van der Waals surface area contributed by atoms with E-state index in [0.29, 0.717) is 0 Å². The molecule has 23 heavy (non-hydrogen) atoms. The summed E-state index contributed by atoms with van der Waals surface area (Å²) in [6, 6.07) is 0. The summed E-state index contributed by atoms with van der Waals surface area (Å²) in [5.41, 5.74) is 0. The van der Waals surface area contributed by atoms with E-state index < -0.39 is 66.6 Å². The van der Waals surface area contributed by atoms with E-state index in [-0.39, 0.29) is 5.88 Å². The maximum atomic E-state index is 10.1. The van der Waals surface area contributed by atoms with Gasteiger partial charge in [-0.2, -0.15) is 0 Å². The molecule has 136 valence electrons. The third-order valence-electron chi connectivity index (χ3n) is 3.96. The highest BCUT2D eigenvalue weighted by molar-refractivity contribution is 6.21. The van der Waals surface area contributed by atoms with E-state index in [9.17, 15) is 25.5 Å². The zero-order valence-corrected chi connectivity index (χ0v) is 14.1. The highest BCUT2D eigenvalue weighted by atomic mass is 35.5. The van der Waals surface area contributed by atoms with Crippen LogP contribution < -0.4 is 0 Å². The van der Waals surface area contributed by atoms with Gasteiger partial charge in [-0.1, -0.05) is 0 Å². The molecule has 0 radical (unpaired) electrons. The number of ether oxygens (including phenoxy) is 3. The molecule has 0 aromatic heterocycles. The molecule has 2 rings (SSSR count). The van der Waals surface area contributed by atoms with E-state index in [0.717, 1.165) is 0 Å². The predicted octanol–water partition coefficient (Wildman–Crippen LogP) is -1.66.